The van der Waals surface area contributed by atoms with E-state index in [0.717, 1.165) is 19.4 Å². The van der Waals surface area contributed by atoms with Crippen LogP contribution in [0, 0.1) is 17.5 Å². The van der Waals surface area contributed by atoms with Crippen molar-refractivity contribution >= 4 is 0 Å². The molecule has 0 aliphatic carbocycles. The summed E-state index contributed by atoms with van der Waals surface area (Å²) in [7, 11) is 1.26. The van der Waals surface area contributed by atoms with Crippen LogP contribution in [0.4, 0.5) is 13.2 Å². The summed E-state index contributed by atoms with van der Waals surface area (Å²) >= 11 is 0. The lowest BCUT2D eigenvalue weighted by Crippen LogP contribution is -2.28. The molecule has 3 rings (SSSR count). The standard InChI is InChI=1S/C24H29F3O3/c1-3-4-5-6-13-29-17-8-11-21(30-15-17)19-9-7-16(14-20(19)25)18-10-12-22(28-2)24(27)23(18)26/h7,9-10,12,14,17,21H,3-6,8,11,13,15H2,1-2H3. The molecule has 0 spiro atoms. The van der Waals surface area contributed by atoms with Crippen LogP contribution < -0.4 is 4.74 Å². The van der Waals surface area contributed by atoms with E-state index < -0.39 is 17.5 Å². The fourth-order valence-corrected chi connectivity index (χ4v) is 3.75. The molecule has 0 bridgehead atoms. The number of halogens is 3. The van der Waals surface area contributed by atoms with Crippen LogP contribution >= 0.6 is 0 Å². The monoisotopic (exact) mass is 422 g/mol. The summed E-state index contributed by atoms with van der Waals surface area (Å²) in [6, 6.07) is 7.10. The van der Waals surface area contributed by atoms with E-state index in [1.165, 1.54) is 44.6 Å². The van der Waals surface area contributed by atoms with Gasteiger partial charge >= 0.3 is 0 Å². The van der Waals surface area contributed by atoms with E-state index in [0.29, 0.717) is 18.6 Å². The maximum atomic E-state index is 14.8. The summed E-state index contributed by atoms with van der Waals surface area (Å²) in [5.41, 5.74) is 0.675. The highest BCUT2D eigenvalue weighted by Gasteiger charge is 2.26. The maximum Gasteiger partial charge on any atom is 0.201 e. The predicted octanol–water partition coefficient (Wildman–Crippen LogP) is 6.60. The maximum absolute atomic E-state index is 14.8. The first-order valence-corrected chi connectivity index (χ1v) is 10.6. The first-order chi connectivity index (χ1) is 14.5. The quantitative estimate of drug-likeness (QED) is 0.426. The fourth-order valence-electron chi connectivity index (χ4n) is 3.75. The van der Waals surface area contributed by atoms with Crippen LogP contribution in [-0.2, 0) is 9.47 Å². The van der Waals surface area contributed by atoms with Gasteiger partial charge in [0.1, 0.15) is 5.82 Å². The summed E-state index contributed by atoms with van der Waals surface area (Å²) in [6.07, 6.45) is 5.76. The average molecular weight is 422 g/mol. The lowest BCUT2D eigenvalue weighted by Gasteiger charge is -2.29. The van der Waals surface area contributed by atoms with E-state index in [9.17, 15) is 13.2 Å². The van der Waals surface area contributed by atoms with Gasteiger partial charge in [-0.3, -0.25) is 0 Å². The molecule has 1 saturated heterocycles. The van der Waals surface area contributed by atoms with E-state index in [-0.39, 0.29) is 29.1 Å². The van der Waals surface area contributed by atoms with Gasteiger partial charge in [-0.2, -0.15) is 4.39 Å². The molecule has 2 aromatic rings. The average Bonchev–Trinajstić information content (AvgIpc) is 2.76. The second kappa shape index (κ2) is 10.8. The Morgan fingerprint density at radius 2 is 1.83 bits per heavy atom. The number of methoxy groups -OCH3 is 1. The second-order valence-corrected chi connectivity index (χ2v) is 7.63. The van der Waals surface area contributed by atoms with Gasteiger partial charge in [0.15, 0.2) is 11.6 Å². The van der Waals surface area contributed by atoms with E-state index in [4.69, 9.17) is 14.2 Å². The number of ether oxygens (including phenoxy) is 3. The van der Waals surface area contributed by atoms with E-state index in [2.05, 4.69) is 6.92 Å². The van der Waals surface area contributed by atoms with Crippen LogP contribution in [0.5, 0.6) is 5.75 Å². The zero-order valence-electron chi connectivity index (χ0n) is 17.6. The molecule has 1 aliphatic heterocycles. The van der Waals surface area contributed by atoms with Gasteiger partial charge in [0, 0.05) is 17.7 Å². The first kappa shape index (κ1) is 22.6. The number of hydrogen-bond donors (Lipinski definition) is 0. The van der Waals surface area contributed by atoms with Crippen molar-refractivity contribution in [1.82, 2.24) is 0 Å². The van der Waals surface area contributed by atoms with E-state index >= 15 is 0 Å². The molecule has 2 aromatic carbocycles. The zero-order chi connectivity index (χ0) is 21.5. The van der Waals surface area contributed by atoms with Crippen molar-refractivity contribution in [2.24, 2.45) is 0 Å². The largest absolute Gasteiger partial charge is 0.494 e. The molecule has 0 radical (unpaired) electrons. The van der Waals surface area contributed by atoms with Gasteiger partial charge in [-0.25, -0.2) is 8.78 Å². The van der Waals surface area contributed by atoms with Crippen LogP contribution in [0.1, 0.15) is 57.1 Å². The number of hydrogen-bond acceptors (Lipinski definition) is 3. The number of rotatable bonds is 9. The summed E-state index contributed by atoms with van der Waals surface area (Å²) in [5.74, 6) is -2.83. The van der Waals surface area contributed by atoms with Gasteiger partial charge in [0.05, 0.1) is 25.9 Å². The van der Waals surface area contributed by atoms with Crippen molar-refractivity contribution in [3.63, 3.8) is 0 Å². The van der Waals surface area contributed by atoms with Crippen LogP contribution in [0.2, 0.25) is 0 Å². The highest BCUT2D eigenvalue weighted by molar-refractivity contribution is 5.66. The lowest BCUT2D eigenvalue weighted by molar-refractivity contribution is -0.0881. The minimum atomic E-state index is -1.09. The number of benzene rings is 2. The van der Waals surface area contributed by atoms with Crippen molar-refractivity contribution < 1.29 is 27.4 Å². The van der Waals surface area contributed by atoms with Gasteiger partial charge in [0.25, 0.3) is 0 Å². The molecule has 0 saturated carbocycles. The van der Waals surface area contributed by atoms with Gasteiger partial charge in [-0.15, -0.1) is 0 Å². The molecule has 3 nitrogen and oxygen atoms in total. The van der Waals surface area contributed by atoms with E-state index in [1.54, 1.807) is 12.1 Å². The Balaban J connectivity index is 1.61. The molecule has 1 aliphatic rings. The third kappa shape index (κ3) is 5.35. The normalized spacial score (nSPS) is 19.1. The third-order valence-corrected chi connectivity index (χ3v) is 5.51. The Labute approximate surface area is 176 Å². The predicted molar refractivity (Wildman–Crippen MR) is 110 cm³/mol. The Morgan fingerprint density at radius 3 is 2.50 bits per heavy atom. The molecular formula is C24H29F3O3. The highest BCUT2D eigenvalue weighted by Crippen LogP contribution is 2.35. The second-order valence-electron chi connectivity index (χ2n) is 7.63. The molecule has 1 fully saturated rings. The molecule has 30 heavy (non-hydrogen) atoms. The van der Waals surface area contributed by atoms with Crippen LogP contribution in [-0.4, -0.2) is 26.4 Å². The minimum Gasteiger partial charge on any atom is -0.494 e. The van der Waals surface area contributed by atoms with Crippen molar-refractivity contribution in [3.8, 4) is 16.9 Å². The van der Waals surface area contributed by atoms with E-state index in [1.807, 2.05) is 0 Å². The molecule has 164 valence electrons. The van der Waals surface area contributed by atoms with Crippen molar-refractivity contribution in [3.05, 3.63) is 53.3 Å². The van der Waals surface area contributed by atoms with Crippen molar-refractivity contribution in [1.29, 1.82) is 0 Å². The van der Waals surface area contributed by atoms with Crippen LogP contribution in [0.3, 0.4) is 0 Å². The molecule has 2 atom stereocenters. The van der Waals surface area contributed by atoms with Gasteiger partial charge in [-0.05, 0) is 43.0 Å². The molecule has 1 heterocycles. The van der Waals surface area contributed by atoms with Crippen molar-refractivity contribution in [2.45, 2.75) is 57.7 Å². The first-order valence-electron chi connectivity index (χ1n) is 10.6. The highest BCUT2D eigenvalue weighted by atomic mass is 19.2. The SMILES string of the molecule is CCCCCCOC1CCC(c2ccc(-c3ccc(OC)c(F)c3F)cc2F)OC1. The Hall–Kier alpha value is -2.05. The molecule has 2 unspecified atom stereocenters. The zero-order valence-corrected chi connectivity index (χ0v) is 17.6. The summed E-state index contributed by atoms with van der Waals surface area (Å²) in [6.45, 7) is 3.33. The summed E-state index contributed by atoms with van der Waals surface area (Å²) < 4.78 is 59.5. The van der Waals surface area contributed by atoms with Crippen LogP contribution in [0.15, 0.2) is 30.3 Å². The van der Waals surface area contributed by atoms with Gasteiger partial charge in [0.2, 0.25) is 5.82 Å². The smallest absolute Gasteiger partial charge is 0.201 e. The molecule has 0 aromatic heterocycles. The Morgan fingerprint density at radius 1 is 1.00 bits per heavy atom. The summed E-state index contributed by atoms with van der Waals surface area (Å²) in [4.78, 5) is 0. The lowest BCUT2D eigenvalue weighted by atomic mass is 9.96. The molecular weight excluding hydrogens is 393 g/mol. The minimum absolute atomic E-state index is 0.0140. The van der Waals surface area contributed by atoms with Crippen LogP contribution in [0.25, 0.3) is 11.1 Å². The Kier molecular flexibility index (Phi) is 8.16. The van der Waals surface area contributed by atoms with Gasteiger partial charge in [-0.1, -0.05) is 38.3 Å². The number of unbranched alkanes of at least 4 members (excludes halogenated alkanes) is 3. The molecule has 0 N–H and O–H groups in total. The molecule has 6 heteroatoms. The third-order valence-electron chi connectivity index (χ3n) is 5.51. The summed E-state index contributed by atoms with van der Waals surface area (Å²) in [5, 5.41) is 0. The fraction of sp³-hybridized carbons (Fsp3) is 0.500. The van der Waals surface area contributed by atoms with Gasteiger partial charge < -0.3 is 14.2 Å². The molecule has 0 amide bonds. The van der Waals surface area contributed by atoms with Crippen molar-refractivity contribution in [2.75, 3.05) is 20.3 Å². The Bertz CT molecular complexity index is 833. The topological polar surface area (TPSA) is 27.7 Å².